The third kappa shape index (κ3) is 7.49. The largest absolute Gasteiger partial charge is 0.437 e. The number of hydrogen-bond acceptors (Lipinski definition) is 6. The van der Waals surface area contributed by atoms with Gasteiger partial charge in [-0.25, -0.2) is 13.4 Å². The van der Waals surface area contributed by atoms with Crippen molar-refractivity contribution in [3.63, 3.8) is 0 Å². The molecule has 8 nitrogen and oxygen atoms in total. The van der Waals surface area contributed by atoms with Gasteiger partial charge < -0.3 is 10.1 Å². The lowest BCUT2D eigenvalue weighted by Gasteiger charge is -2.17. The van der Waals surface area contributed by atoms with Crippen LogP contribution >= 0.6 is 34.8 Å². The lowest BCUT2D eigenvalue weighted by Crippen LogP contribution is -2.36. The van der Waals surface area contributed by atoms with Gasteiger partial charge in [0, 0.05) is 37.4 Å². The maximum Gasteiger partial charge on any atom is 0.262 e. The van der Waals surface area contributed by atoms with E-state index in [2.05, 4.69) is 32.1 Å². The molecule has 41 heavy (non-hydrogen) atoms. The summed E-state index contributed by atoms with van der Waals surface area (Å²) in [5.74, 6) is 0.00847. The van der Waals surface area contributed by atoms with E-state index in [0.717, 1.165) is 26.1 Å². The Morgan fingerprint density at radius 2 is 1.78 bits per heavy atom. The van der Waals surface area contributed by atoms with Crippen molar-refractivity contribution in [2.24, 2.45) is 0 Å². The standard InChI is InChI=1S/C29H25Cl3N4O4S/c30-21-14-27(35-41(38,39)24-9-10-25(31)26(32)15-24)29(33-16-21)40-23-8-4-7-20(13-23)28(37)34-22-11-12-36(18-22)17-19-5-2-1-3-6-19/h1-10,13-16,22,35H,11-12,17-18H2,(H,34,37)/t22-/m0/s1. The Hall–Kier alpha value is -3.34. The number of amides is 1. The minimum Gasteiger partial charge on any atom is -0.437 e. The Labute approximate surface area is 253 Å². The highest BCUT2D eigenvalue weighted by molar-refractivity contribution is 7.92. The van der Waals surface area contributed by atoms with Crippen molar-refractivity contribution in [3.8, 4) is 11.6 Å². The minimum atomic E-state index is -4.08. The molecule has 0 aliphatic carbocycles. The molecule has 3 aromatic carbocycles. The third-order valence-corrected chi connectivity index (χ3v) is 8.74. The number of pyridine rings is 1. The number of nitrogens with one attached hydrogen (secondary N) is 2. The van der Waals surface area contributed by atoms with Crippen LogP contribution in [0.25, 0.3) is 0 Å². The zero-order valence-electron chi connectivity index (χ0n) is 21.6. The molecule has 2 heterocycles. The summed E-state index contributed by atoms with van der Waals surface area (Å²) in [7, 11) is -4.08. The molecule has 5 rings (SSSR count). The summed E-state index contributed by atoms with van der Waals surface area (Å²) in [4.78, 5) is 19.4. The van der Waals surface area contributed by atoms with Crippen LogP contribution in [0.3, 0.4) is 0 Å². The van der Waals surface area contributed by atoms with Crippen molar-refractivity contribution in [2.45, 2.75) is 23.9 Å². The van der Waals surface area contributed by atoms with Crippen molar-refractivity contribution in [1.29, 1.82) is 0 Å². The number of rotatable bonds is 9. The number of nitrogens with zero attached hydrogens (tertiary/aromatic N) is 2. The highest BCUT2D eigenvalue weighted by Gasteiger charge is 2.25. The molecule has 0 spiro atoms. The van der Waals surface area contributed by atoms with Gasteiger partial charge in [0.2, 0.25) is 5.88 Å². The average molecular weight is 632 g/mol. The number of aromatic nitrogens is 1. The smallest absolute Gasteiger partial charge is 0.262 e. The second-order valence-electron chi connectivity index (χ2n) is 9.50. The second kappa shape index (κ2) is 12.7. The normalized spacial score (nSPS) is 15.4. The van der Waals surface area contributed by atoms with Gasteiger partial charge in [-0.15, -0.1) is 0 Å². The fourth-order valence-corrected chi connectivity index (χ4v) is 6.04. The number of sulfonamides is 1. The Kier molecular flexibility index (Phi) is 9.01. The van der Waals surface area contributed by atoms with Crippen molar-refractivity contribution in [2.75, 3.05) is 17.8 Å². The predicted octanol–water partition coefficient (Wildman–Crippen LogP) is 6.64. The molecule has 0 bridgehead atoms. The van der Waals surface area contributed by atoms with Crippen molar-refractivity contribution in [3.05, 3.63) is 111 Å². The molecule has 1 fully saturated rings. The first kappa shape index (κ1) is 29.2. The Morgan fingerprint density at radius 3 is 2.56 bits per heavy atom. The van der Waals surface area contributed by atoms with Gasteiger partial charge in [-0.3, -0.25) is 14.4 Å². The van der Waals surface area contributed by atoms with Crippen LogP contribution in [-0.4, -0.2) is 43.3 Å². The number of carbonyl (C=O) groups is 1. The topological polar surface area (TPSA) is 101 Å². The van der Waals surface area contributed by atoms with Gasteiger partial charge in [-0.05, 0) is 54.4 Å². The number of ether oxygens (including phenoxy) is 1. The first-order valence-electron chi connectivity index (χ1n) is 12.6. The summed E-state index contributed by atoms with van der Waals surface area (Å²) >= 11 is 18.0. The second-order valence-corrected chi connectivity index (χ2v) is 12.4. The van der Waals surface area contributed by atoms with Gasteiger partial charge in [-0.2, -0.15) is 0 Å². The molecular formula is C29H25Cl3N4O4S. The first-order chi connectivity index (χ1) is 19.7. The maximum absolute atomic E-state index is 13.0. The predicted molar refractivity (Wildman–Crippen MR) is 161 cm³/mol. The van der Waals surface area contributed by atoms with Gasteiger partial charge >= 0.3 is 0 Å². The molecule has 1 amide bonds. The van der Waals surface area contributed by atoms with E-state index in [9.17, 15) is 13.2 Å². The van der Waals surface area contributed by atoms with Crippen LogP contribution in [0.4, 0.5) is 5.69 Å². The molecule has 1 aromatic heterocycles. The van der Waals surface area contributed by atoms with Crippen molar-refractivity contribution in [1.82, 2.24) is 15.2 Å². The van der Waals surface area contributed by atoms with Crippen LogP contribution in [0.5, 0.6) is 11.6 Å². The first-order valence-corrected chi connectivity index (χ1v) is 15.3. The summed E-state index contributed by atoms with van der Waals surface area (Å²) in [5, 5.41) is 3.60. The Morgan fingerprint density at radius 1 is 0.976 bits per heavy atom. The van der Waals surface area contributed by atoms with E-state index < -0.39 is 10.0 Å². The summed E-state index contributed by atoms with van der Waals surface area (Å²) in [6.07, 6.45) is 2.18. The number of hydrogen-bond donors (Lipinski definition) is 2. The average Bonchev–Trinajstić information content (AvgIpc) is 3.38. The summed E-state index contributed by atoms with van der Waals surface area (Å²) in [5.41, 5.74) is 1.64. The van der Waals surface area contributed by atoms with E-state index in [0.29, 0.717) is 11.3 Å². The van der Waals surface area contributed by atoms with Crippen LogP contribution in [-0.2, 0) is 16.6 Å². The van der Waals surface area contributed by atoms with Crippen LogP contribution in [0.2, 0.25) is 15.1 Å². The summed E-state index contributed by atoms with van der Waals surface area (Å²) < 4.78 is 34.4. The van der Waals surface area contributed by atoms with Crippen LogP contribution in [0.15, 0.2) is 90.0 Å². The van der Waals surface area contributed by atoms with E-state index >= 15 is 0 Å². The van der Waals surface area contributed by atoms with Gasteiger partial charge in [-0.1, -0.05) is 71.2 Å². The Balaban J connectivity index is 1.26. The zero-order valence-corrected chi connectivity index (χ0v) is 24.6. The monoisotopic (exact) mass is 630 g/mol. The summed E-state index contributed by atoms with van der Waals surface area (Å²) in [6.45, 7) is 2.49. The SMILES string of the molecule is O=C(N[C@H]1CCN(Cc2ccccc2)C1)c1cccc(Oc2ncc(Cl)cc2NS(=O)(=O)c2ccc(Cl)c(Cl)c2)c1. The van der Waals surface area contributed by atoms with Crippen LogP contribution < -0.4 is 14.8 Å². The highest BCUT2D eigenvalue weighted by Crippen LogP contribution is 2.33. The lowest BCUT2D eigenvalue weighted by atomic mass is 10.1. The lowest BCUT2D eigenvalue weighted by molar-refractivity contribution is 0.0937. The molecule has 1 saturated heterocycles. The highest BCUT2D eigenvalue weighted by atomic mass is 35.5. The number of anilines is 1. The zero-order chi connectivity index (χ0) is 29.0. The fourth-order valence-electron chi connectivity index (χ4n) is 4.45. The van der Waals surface area contributed by atoms with Gasteiger partial charge in [0.1, 0.15) is 11.4 Å². The fraction of sp³-hybridized carbons (Fsp3) is 0.172. The van der Waals surface area contributed by atoms with E-state index in [-0.39, 0.29) is 43.5 Å². The number of halogens is 3. The van der Waals surface area contributed by atoms with E-state index in [1.807, 2.05) is 18.2 Å². The molecule has 0 saturated carbocycles. The van der Waals surface area contributed by atoms with E-state index in [1.165, 1.54) is 36.0 Å². The molecule has 0 unspecified atom stereocenters. The van der Waals surface area contributed by atoms with E-state index in [4.69, 9.17) is 39.5 Å². The molecule has 1 aliphatic rings. The molecule has 12 heteroatoms. The maximum atomic E-state index is 13.0. The molecule has 1 aliphatic heterocycles. The number of likely N-dealkylation sites (tertiary alicyclic amines) is 1. The molecule has 2 N–H and O–H groups in total. The Bertz CT molecular complexity index is 1670. The number of carbonyl (C=O) groups excluding carboxylic acids is 1. The molecular weight excluding hydrogens is 607 g/mol. The van der Waals surface area contributed by atoms with Crippen molar-refractivity contribution >= 4 is 56.4 Å². The van der Waals surface area contributed by atoms with Gasteiger partial charge in [0.25, 0.3) is 15.9 Å². The number of benzene rings is 3. The molecule has 0 radical (unpaired) electrons. The van der Waals surface area contributed by atoms with Crippen molar-refractivity contribution < 1.29 is 17.9 Å². The van der Waals surface area contributed by atoms with Crippen LogP contribution in [0, 0.1) is 0 Å². The van der Waals surface area contributed by atoms with E-state index in [1.54, 1.807) is 24.3 Å². The minimum absolute atomic E-state index is 0.00268. The van der Waals surface area contributed by atoms with Gasteiger partial charge in [0.05, 0.1) is 20.0 Å². The quantitative estimate of drug-likeness (QED) is 0.215. The summed E-state index contributed by atoms with van der Waals surface area (Å²) in [6, 6.07) is 22.1. The molecule has 212 valence electrons. The molecule has 1 atom stereocenters. The third-order valence-electron chi connectivity index (χ3n) is 6.43. The molecule has 4 aromatic rings. The van der Waals surface area contributed by atoms with Gasteiger partial charge in [0.15, 0.2) is 0 Å². The van der Waals surface area contributed by atoms with Crippen LogP contribution in [0.1, 0.15) is 22.3 Å².